The monoisotopic (exact) mass is 192 g/mol. The first-order valence-electron chi connectivity index (χ1n) is 2.74. The molecule has 1 heterocycles. The molecule has 7 heteroatoms. The predicted octanol–water partition coefficient (Wildman–Crippen LogP) is 0.239. The van der Waals surface area contributed by atoms with Crippen LogP contribution >= 0.6 is 0 Å². The Morgan fingerprint density at radius 3 is 2.67 bits per heavy atom. The van der Waals surface area contributed by atoms with Crippen LogP contribution in [0, 0.1) is 0 Å². The van der Waals surface area contributed by atoms with E-state index in [1.54, 1.807) is 0 Å². The second-order valence-corrected chi connectivity index (χ2v) is 2.80. The maximum Gasteiger partial charge on any atom is 0.449 e. The highest BCUT2D eigenvalue weighted by Gasteiger charge is 2.17. The number of furan rings is 1. The number of carbonyl (C=O) groups is 1. The van der Waals surface area contributed by atoms with Gasteiger partial charge >= 0.3 is 16.4 Å². The second kappa shape index (κ2) is 2.95. The smallest absolute Gasteiger partial charge is 0.449 e. The summed E-state index contributed by atoms with van der Waals surface area (Å²) in [6, 6.07) is 2.58. The third kappa shape index (κ3) is 2.36. The van der Waals surface area contributed by atoms with Crippen LogP contribution in [0.15, 0.2) is 22.8 Å². The Bertz CT molecular complexity index is 361. The van der Waals surface area contributed by atoms with Crippen molar-refractivity contribution in [3.63, 3.8) is 0 Å². The second-order valence-electron chi connectivity index (χ2n) is 1.78. The molecule has 0 aliphatic rings. The van der Waals surface area contributed by atoms with E-state index in [2.05, 4.69) is 8.60 Å². The van der Waals surface area contributed by atoms with Crippen LogP contribution in [0.1, 0.15) is 10.6 Å². The van der Waals surface area contributed by atoms with E-state index in [4.69, 9.17) is 4.55 Å². The van der Waals surface area contributed by atoms with Gasteiger partial charge in [-0.15, -0.1) is 0 Å². The van der Waals surface area contributed by atoms with E-state index in [9.17, 15) is 13.2 Å². The summed E-state index contributed by atoms with van der Waals surface area (Å²) in [5, 5.41) is 0. The van der Waals surface area contributed by atoms with Gasteiger partial charge in [0.25, 0.3) is 0 Å². The quantitative estimate of drug-likeness (QED) is 0.674. The zero-order valence-electron chi connectivity index (χ0n) is 5.63. The van der Waals surface area contributed by atoms with Crippen molar-refractivity contribution in [1.82, 2.24) is 0 Å². The molecule has 0 unspecified atom stereocenters. The van der Waals surface area contributed by atoms with Gasteiger partial charge in [-0.05, 0) is 12.1 Å². The summed E-state index contributed by atoms with van der Waals surface area (Å²) in [4.78, 5) is 10.7. The van der Waals surface area contributed by atoms with E-state index in [0.717, 1.165) is 0 Å². The maximum atomic E-state index is 10.7. The maximum absolute atomic E-state index is 10.7. The van der Waals surface area contributed by atoms with Crippen molar-refractivity contribution in [2.24, 2.45) is 0 Å². The lowest BCUT2D eigenvalue weighted by molar-refractivity contribution is 0.0694. The lowest BCUT2D eigenvalue weighted by Crippen LogP contribution is -2.10. The first kappa shape index (κ1) is 8.75. The topological polar surface area (TPSA) is 93.8 Å². The van der Waals surface area contributed by atoms with Gasteiger partial charge in [0, 0.05) is 0 Å². The molecule has 1 rings (SSSR count). The summed E-state index contributed by atoms with van der Waals surface area (Å²) in [6.45, 7) is 0. The van der Waals surface area contributed by atoms with Crippen molar-refractivity contribution in [3.8, 4) is 0 Å². The Hall–Kier alpha value is -1.34. The van der Waals surface area contributed by atoms with Crippen molar-refractivity contribution in [2.45, 2.75) is 0 Å². The van der Waals surface area contributed by atoms with E-state index < -0.39 is 16.4 Å². The molecule has 66 valence electrons. The average molecular weight is 192 g/mol. The minimum absolute atomic E-state index is 0.298. The summed E-state index contributed by atoms with van der Waals surface area (Å²) in [6.07, 6.45) is 1.17. The van der Waals surface area contributed by atoms with E-state index in [1.807, 2.05) is 0 Å². The van der Waals surface area contributed by atoms with Gasteiger partial charge < -0.3 is 8.60 Å². The van der Waals surface area contributed by atoms with Crippen LogP contribution in [-0.2, 0) is 14.6 Å². The van der Waals surface area contributed by atoms with Crippen molar-refractivity contribution in [2.75, 3.05) is 0 Å². The molecule has 0 saturated carbocycles. The molecule has 0 amide bonds. The summed E-state index contributed by atoms with van der Waals surface area (Å²) in [5.41, 5.74) is 0. The van der Waals surface area contributed by atoms with Gasteiger partial charge in [0.05, 0.1) is 6.26 Å². The molecule has 1 aromatic rings. The normalized spacial score (nSPS) is 11.1. The Morgan fingerprint density at radius 2 is 2.25 bits per heavy atom. The largest absolute Gasteiger partial charge is 0.457 e. The molecule has 12 heavy (non-hydrogen) atoms. The molecule has 0 fully saturated rings. The summed E-state index contributed by atoms with van der Waals surface area (Å²) >= 11 is 0. The van der Waals surface area contributed by atoms with E-state index in [0.29, 0.717) is 0 Å². The van der Waals surface area contributed by atoms with E-state index in [1.165, 1.54) is 18.4 Å². The van der Waals surface area contributed by atoms with Gasteiger partial charge in [0.2, 0.25) is 5.76 Å². The number of rotatable bonds is 2. The molecule has 1 aromatic heterocycles. The lowest BCUT2D eigenvalue weighted by Gasteiger charge is -1.94. The van der Waals surface area contributed by atoms with Crippen LogP contribution in [-0.4, -0.2) is 18.9 Å². The minimum atomic E-state index is -4.76. The highest BCUT2D eigenvalue weighted by atomic mass is 32.3. The summed E-state index contributed by atoms with van der Waals surface area (Å²) in [7, 11) is -4.76. The molecule has 0 aromatic carbocycles. The van der Waals surface area contributed by atoms with Crippen molar-refractivity contribution < 1.29 is 26.4 Å². The van der Waals surface area contributed by atoms with Crippen molar-refractivity contribution in [3.05, 3.63) is 24.2 Å². The third-order valence-corrected chi connectivity index (χ3v) is 1.27. The Kier molecular flexibility index (Phi) is 2.15. The van der Waals surface area contributed by atoms with Gasteiger partial charge in [-0.1, -0.05) is 0 Å². The molecule has 0 spiro atoms. The summed E-state index contributed by atoms with van der Waals surface area (Å²) < 4.78 is 36.2. The fourth-order valence-electron chi connectivity index (χ4n) is 0.531. The van der Waals surface area contributed by atoms with Crippen LogP contribution in [0.5, 0.6) is 0 Å². The van der Waals surface area contributed by atoms with Crippen LogP contribution in [0.2, 0.25) is 0 Å². The molecule has 0 saturated heterocycles. The first-order valence-corrected chi connectivity index (χ1v) is 4.10. The number of hydrogen-bond donors (Lipinski definition) is 1. The molecular weight excluding hydrogens is 188 g/mol. The molecule has 0 aliphatic heterocycles. The van der Waals surface area contributed by atoms with Crippen LogP contribution in [0.25, 0.3) is 0 Å². The molecule has 0 bridgehead atoms. The molecule has 1 N–H and O–H groups in total. The highest BCUT2D eigenvalue weighted by Crippen LogP contribution is 2.03. The lowest BCUT2D eigenvalue weighted by atomic mass is 10.5. The van der Waals surface area contributed by atoms with E-state index >= 15 is 0 Å². The first-order chi connectivity index (χ1) is 5.49. The Morgan fingerprint density at radius 1 is 1.58 bits per heavy atom. The number of hydrogen-bond acceptors (Lipinski definition) is 5. The fraction of sp³-hybridized carbons (Fsp3) is 0. The SMILES string of the molecule is O=C(OS(=O)(=O)O)c1ccco1. The Labute approximate surface area is 67.7 Å². The van der Waals surface area contributed by atoms with Gasteiger partial charge in [0.15, 0.2) is 0 Å². The van der Waals surface area contributed by atoms with Gasteiger partial charge in [-0.25, -0.2) is 4.79 Å². The van der Waals surface area contributed by atoms with Gasteiger partial charge in [0.1, 0.15) is 0 Å². The number of carbonyl (C=O) groups excluding carboxylic acids is 1. The average Bonchev–Trinajstić information content (AvgIpc) is 2.32. The predicted molar refractivity (Wildman–Crippen MR) is 35.7 cm³/mol. The zero-order chi connectivity index (χ0) is 9.19. The molecule has 0 radical (unpaired) electrons. The molecular formula is C5H4O6S. The molecule has 6 nitrogen and oxygen atoms in total. The van der Waals surface area contributed by atoms with Crippen LogP contribution in [0.4, 0.5) is 0 Å². The van der Waals surface area contributed by atoms with Crippen molar-refractivity contribution >= 4 is 16.4 Å². The van der Waals surface area contributed by atoms with Gasteiger partial charge in [-0.3, -0.25) is 4.55 Å². The third-order valence-electron chi connectivity index (χ3n) is 0.903. The van der Waals surface area contributed by atoms with Crippen LogP contribution < -0.4 is 0 Å². The Balaban J connectivity index is 2.76. The van der Waals surface area contributed by atoms with E-state index in [-0.39, 0.29) is 5.76 Å². The van der Waals surface area contributed by atoms with Gasteiger partial charge in [-0.2, -0.15) is 8.42 Å². The van der Waals surface area contributed by atoms with Crippen molar-refractivity contribution in [1.29, 1.82) is 0 Å². The highest BCUT2D eigenvalue weighted by molar-refractivity contribution is 7.81. The zero-order valence-corrected chi connectivity index (χ0v) is 6.45. The molecule has 0 atom stereocenters. The standard InChI is InChI=1S/C5H4O6S/c6-5(11-12(7,8)9)4-2-1-3-10-4/h1-3H,(H,7,8,9). The minimum Gasteiger partial charge on any atom is -0.457 e. The van der Waals surface area contributed by atoms with Crippen LogP contribution in [0.3, 0.4) is 0 Å². The fourth-order valence-corrected chi connectivity index (χ4v) is 0.805. The summed E-state index contributed by atoms with van der Waals surface area (Å²) in [5.74, 6) is -1.56. The molecule has 0 aliphatic carbocycles.